The quantitative estimate of drug-likeness (QED) is 0.428. The molecule has 3 amide bonds. The van der Waals surface area contributed by atoms with E-state index in [-0.39, 0.29) is 18.4 Å². The van der Waals surface area contributed by atoms with E-state index in [9.17, 15) is 9.59 Å². The van der Waals surface area contributed by atoms with E-state index in [1.807, 2.05) is 60.7 Å². The van der Waals surface area contributed by atoms with Crippen LogP contribution in [0.4, 0.5) is 16.2 Å². The molecule has 0 fully saturated rings. The number of amides is 3. The first-order valence-electron chi connectivity index (χ1n) is 8.71. The molecular weight excluding hydrogens is 330 g/mol. The van der Waals surface area contributed by atoms with Crippen LogP contribution in [-0.4, -0.2) is 35.6 Å². The summed E-state index contributed by atoms with van der Waals surface area (Å²) in [4.78, 5) is 27.4. The van der Waals surface area contributed by atoms with Gasteiger partial charge in [0.1, 0.15) is 0 Å². The fraction of sp³-hybridized carbons (Fsp3) is 0.300. The highest BCUT2D eigenvalue weighted by Crippen LogP contribution is 2.26. The molecule has 0 radical (unpaired) electrons. The van der Waals surface area contributed by atoms with Gasteiger partial charge in [0, 0.05) is 20.0 Å². The van der Waals surface area contributed by atoms with Crippen molar-refractivity contribution in [1.82, 2.24) is 10.4 Å². The van der Waals surface area contributed by atoms with Crippen molar-refractivity contribution >= 4 is 23.3 Å². The number of benzene rings is 2. The fourth-order valence-corrected chi connectivity index (χ4v) is 2.66. The highest BCUT2D eigenvalue weighted by Gasteiger charge is 2.21. The Hall–Kier alpha value is -2.86. The molecule has 0 aliphatic carbocycles. The summed E-state index contributed by atoms with van der Waals surface area (Å²) in [7, 11) is 1.78. The summed E-state index contributed by atoms with van der Waals surface area (Å²) in [5, 5.41) is 8.47. The molecule has 0 saturated heterocycles. The highest BCUT2D eigenvalue weighted by molar-refractivity contribution is 5.99. The third-order valence-electron chi connectivity index (χ3n) is 4.07. The first-order valence-corrected chi connectivity index (χ1v) is 8.71. The van der Waals surface area contributed by atoms with Crippen LogP contribution in [0.3, 0.4) is 0 Å². The van der Waals surface area contributed by atoms with Crippen LogP contribution in [0.5, 0.6) is 0 Å². The zero-order valence-electron chi connectivity index (χ0n) is 15.0. The molecular formula is C20H25N3O3. The van der Waals surface area contributed by atoms with Gasteiger partial charge >= 0.3 is 6.03 Å². The number of carbonyl (C=O) groups excluding carboxylic acids is 2. The zero-order valence-corrected chi connectivity index (χ0v) is 15.0. The van der Waals surface area contributed by atoms with E-state index < -0.39 is 0 Å². The molecule has 2 aromatic rings. The maximum absolute atomic E-state index is 13.0. The minimum absolute atomic E-state index is 0.101. The van der Waals surface area contributed by atoms with Gasteiger partial charge in [0.15, 0.2) is 0 Å². The van der Waals surface area contributed by atoms with Crippen molar-refractivity contribution in [1.29, 1.82) is 0 Å². The normalized spacial score (nSPS) is 10.2. The van der Waals surface area contributed by atoms with Gasteiger partial charge in [-0.15, -0.1) is 0 Å². The van der Waals surface area contributed by atoms with Crippen molar-refractivity contribution in [2.45, 2.75) is 25.7 Å². The molecule has 138 valence electrons. The number of hydroxylamine groups is 1. The monoisotopic (exact) mass is 355 g/mol. The predicted octanol–water partition coefficient (Wildman–Crippen LogP) is 3.94. The average molecular weight is 355 g/mol. The largest absolute Gasteiger partial charge is 0.328 e. The number of para-hydroxylation sites is 2. The Bertz CT molecular complexity index is 652. The van der Waals surface area contributed by atoms with Crippen LogP contribution < -0.4 is 10.4 Å². The molecule has 2 aromatic carbocycles. The topological polar surface area (TPSA) is 72.9 Å². The zero-order chi connectivity index (χ0) is 18.8. The van der Waals surface area contributed by atoms with Gasteiger partial charge in [0.25, 0.3) is 0 Å². The van der Waals surface area contributed by atoms with Crippen LogP contribution in [0, 0.1) is 0 Å². The molecule has 6 heteroatoms. The minimum atomic E-state index is -0.381. The number of hydrogen-bond acceptors (Lipinski definition) is 3. The Balaban J connectivity index is 1.99. The molecule has 0 aromatic heterocycles. The lowest BCUT2D eigenvalue weighted by atomic mass is 10.2. The number of rotatable bonds is 8. The third-order valence-corrected chi connectivity index (χ3v) is 4.07. The second kappa shape index (κ2) is 10.2. The lowest BCUT2D eigenvalue weighted by Gasteiger charge is -2.28. The number of nitrogens with zero attached hydrogens (tertiary/aromatic N) is 2. The van der Waals surface area contributed by atoms with Crippen LogP contribution in [0.25, 0.3) is 0 Å². The molecule has 2 N–H and O–H groups in total. The molecule has 0 heterocycles. The van der Waals surface area contributed by atoms with Gasteiger partial charge in [-0.3, -0.25) is 14.9 Å². The van der Waals surface area contributed by atoms with E-state index in [0.717, 1.165) is 24.2 Å². The summed E-state index contributed by atoms with van der Waals surface area (Å²) in [5.41, 5.74) is 3.25. The molecule has 26 heavy (non-hydrogen) atoms. The molecule has 6 nitrogen and oxygen atoms in total. The van der Waals surface area contributed by atoms with Crippen LogP contribution in [0.1, 0.15) is 25.7 Å². The molecule has 0 atom stereocenters. The summed E-state index contributed by atoms with van der Waals surface area (Å²) in [6.45, 7) is 0.593. The van der Waals surface area contributed by atoms with E-state index in [4.69, 9.17) is 5.21 Å². The molecule has 0 aliphatic heterocycles. The average Bonchev–Trinajstić information content (AvgIpc) is 2.69. The van der Waals surface area contributed by atoms with Crippen molar-refractivity contribution in [3.63, 3.8) is 0 Å². The third kappa shape index (κ3) is 5.60. The Kier molecular flexibility index (Phi) is 7.64. The number of anilines is 2. The number of nitrogens with one attached hydrogen (secondary N) is 1. The number of unbranched alkanes of at least 4 members (excludes halogenated alkanes) is 2. The van der Waals surface area contributed by atoms with E-state index in [1.165, 1.54) is 0 Å². The van der Waals surface area contributed by atoms with E-state index in [1.54, 1.807) is 22.3 Å². The van der Waals surface area contributed by atoms with Gasteiger partial charge < -0.3 is 4.90 Å². The number of hydrogen-bond donors (Lipinski definition) is 2. The summed E-state index contributed by atoms with van der Waals surface area (Å²) in [5.74, 6) is -0.381. The molecule has 0 bridgehead atoms. The summed E-state index contributed by atoms with van der Waals surface area (Å²) >= 11 is 0. The predicted molar refractivity (Wildman–Crippen MR) is 101 cm³/mol. The van der Waals surface area contributed by atoms with Crippen LogP contribution in [0.2, 0.25) is 0 Å². The van der Waals surface area contributed by atoms with Gasteiger partial charge in [0.05, 0.1) is 11.4 Å². The first kappa shape index (κ1) is 19.5. The maximum atomic E-state index is 13.0. The van der Waals surface area contributed by atoms with Crippen molar-refractivity contribution in [3.8, 4) is 0 Å². The van der Waals surface area contributed by atoms with Crippen LogP contribution in [0.15, 0.2) is 60.7 Å². The molecule has 0 spiro atoms. The van der Waals surface area contributed by atoms with Crippen molar-refractivity contribution < 1.29 is 14.8 Å². The maximum Gasteiger partial charge on any atom is 0.328 e. The minimum Gasteiger partial charge on any atom is -0.327 e. The summed E-state index contributed by atoms with van der Waals surface area (Å²) in [6.07, 6.45) is 2.56. The Labute approximate surface area is 154 Å². The second-order valence-electron chi connectivity index (χ2n) is 6.06. The van der Waals surface area contributed by atoms with E-state index in [0.29, 0.717) is 13.0 Å². The fourth-order valence-electron chi connectivity index (χ4n) is 2.66. The standard InChI is InChI=1S/C20H25N3O3/c1-22(16-10-4-9-15-19(24)21-26)20(25)23(17-11-5-2-6-12-17)18-13-7-3-8-14-18/h2-3,5-8,11-14,26H,4,9-10,15-16H2,1H3,(H,21,24). The van der Waals surface area contributed by atoms with Crippen molar-refractivity contribution in [2.75, 3.05) is 18.5 Å². The van der Waals surface area contributed by atoms with Gasteiger partial charge in [-0.25, -0.2) is 10.3 Å². The Morgan fingerprint density at radius 1 is 0.885 bits per heavy atom. The van der Waals surface area contributed by atoms with Crippen molar-refractivity contribution in [2.24, 2.45) is 0 Å². The van der Waals surface area contributed by atoms with Crippen LogP contribution >= 0.6 is 0 Å². The SMILES string of the molecule is CN(CCCCCC(=O)NO)C(=O)N(c1ccccc1)c1ccccc1. The lowest BCUT2D eigenvalue weighted by Crippen LogP contribution is -2.39. The molecule has 0 unspecified atom stereocenters. The van der Waals surface area contributed by atoms with Gasteiger partial charge in [-0.2, -0.15) is 0 Å². The van der Waals surface area contributed by atoms with E-state index in [2.05, 4.69) is 0 Å². The smallest absolute Gasteiger partial charge is 0.327 e. The number of carbonyl (C=O) groups is 2. The van der Waals surface area contributed by atoms with E-state index >= 15 is 0 Å². The van der Waals surface area contributed by atoms with Crippen molar-refractivity contribution in [3.05, 3.63) is 60.7 Å². The van der Waals surface area contributed by atoms with Gasteiger partial charge in [-0.1, -0.05) is 42.8 Å². The lowest BCUT2D eigenvalue weighted by molar-refractivity contribution is -0.129. The Morgan fingerprint density at radius 3 is 1.92 bits per heavy atom. The second-order valence-corrected chi connectivity index (χ2v) is 6.06. The summed E-state index contributed by atoms with van der Waals surface area (Å²) in [6, 6.07) is 19.0. The van der Waals surface area contributed by atoms with Gasteiger partial charge in [-0.05, 0) is 37.1 Å². The molecule has 2 rings (SSSR count). The Morgan fingerprint density at radius 2 is 1.42 bits per heavy atom. The molecule has 0 aliphatic rings. The molecule has 0 saturated carbocycles. The summed E-state index contributed by atoms with van der Waals surface area (Å²) < 4.78 is 0. The van der Waals surface area contributed by atoms with Crippen LogP contribution in [-0.2, 0) is 4.79 Å². The number of urea groups is 1. The van der Waals surface area contributed by atoms with Gasteiger partial charge in [0.2, 0.25) is 5.91 Å². The first-order chi connectivity index (χ1) is 12.6. The highest BCUT2D eigenvalue weighted by atomic mass is 16.5.